The quantitative estimate of drug-likeness (QED) is 0.247. The SMILES string of the molecule is CCC(=O)Nc1ccc(-c2ccc3nc(NC(=O)c4cnc(C)cc4-c4cc(C#N)ccc4OC)sc3n2)cc1. The van der Waals surface area contributed by atoms with Crippen LogP contribution in [0.1, 0.15) is 35.0 Å². The number of hydrogen-bond acceptors (Lipinski definition) is 8. The molecule has 0 spiro atoms. The molecule has 2 amide bonds. The van der Waals surface area contributed by atoms with Gasteiger partial charge in [0.15, 0.2) is 5.13 Å². The maximum Gasteiger partial charge on any atom is 0.259 e. The fraction of sp³-hybridized carbons (Fsp3) is 0.133. The third-order valence-electron chi connectivity index (χ3n) is 6.17. The predicted octanol–water partition coefficient (Wildman–Crippen LogP) is 6.21. The zero-order chi connectivity index (χ0) is 28.2. The molecule has 9 nitrogen and oxygen atoms in total. The Kier molecular flexibility index (Phi) is 7.48. The number of ether oxygens (including phenoxy) is 1. The molecule has 0 aliphatic carbocycles. The van der Waals surface area contributed by atoms with Crippen molar-refractivity contribution in [2.75, 3.05) is 17.7 Å². The van der Waals surface area contributed by atoms with Crippen molar-refractivity contribution in [1.82, 2.24) is 15.0 Å². The number of carbonyl (C=O) groups is 2. The van der Waals surface area contributed by atoms with Crippen molar-refractivity contribution in [3.63, 3.8) is 0 Å². The number of rotatable bonds is 7. The van der Waals surface area contributed by atoms with E-state index >= 15 is 0 Å². The molecule has 3 heterocycles. The molecule has 5 rings (SSSR count). The molecular weight excluding hydrogens is 524 g/mol. The monoisotopic (exact) mass is 548 g/mol. The molecule has 10 heteroatoms. The molecule has 3 aromatic heterocycles. The van der Waals surface area contributed by atoms with Crippen molar-refractivity contribution >= 4 is 44.3 Å². The minimum atomic E-state index is -0.393. The third-order valence-corrected chi connectivity index (χ3v) is 7.05. The van der Waals surface area contributed by atoms with Crippen LogP contribution in [0.25, 0.3) is 32.7 Å². The van der Waals surface area contributed by atoms with Gasteiger partial charge in [0.1, 0.15) is 16.1 Å². The minimum absolute atomic E-state index is 0.0464. The first kappa shape index (κ1) is 26.5. The van der Waals surface area contributed by atoms with Crippen LogP contribution in [0.5, 0.6) is 5.75 Å². The first-order valence-electron chi connectivity index (χ1n) is 12.4. The van der Waals surface area contributed by atoms with E-state index in [1.807, 2.05) is 43.3 Å². The molecule has 198 valence electrons. The molecule has 2 N–H and O–H groups in total. The van der Waals surface area contributed by atoms with Crippen molar-refractivity contribution in [2.24, 2.45) is 0 Å². The van der Waals surface area contributed by atoms with Gasteiger partial charge in [0.25, 0.3) is 5.91 Å². The summed E-state index contributed by atoms with van der Waals surface area (Å²) >= 11 is 1.26. The number of fused-ring (bicyclic) bond motifs is 1. The van der Waals surface area contributed by atoms with Crippen LogP contribution < -0.4 is 15.4 Å². The highest BCUT2D eigenvalue weighted by Crippen LogP contribution is 2.34. The largest absolute Gasteiger partial charge is 0.496 e. The molecule has 0 fully saturated rings. The van der Waals surface area contributed by atoms with Crippen molar-refractivity contribution in [1.29, 1.82) is 5.26 Å². The number of nitrogens with zero attached hydrogens (tertiary/aromatic N) is 4. The van der Waals surface area contributed by atoms with Crippen LogP contribution in [0.3, 0.4) is 0 Å². The van der Waals surface area contributed by atoms with Gasteiger partial charge in [-0.15, -0.1) is 0 Å². The molecule has 0 atom stereocenters. The standard InChI is InChI=1S/C30H24N6O3S/c1-4-27(37)33-20-8-6-19(7-9-20)24-10-11-25-29(34-24)40-30(35-25)36-28(38)23-16-32-17(2)13-21(23)22-14-18(15-31)5-12-26(22)39-3/h5-14,16H,4H2,1-3H3,(H,33,37)(H,35,36,38). The molecule has 2 aromatic carbocycles. The Morgan fingerprint density at radius 2 is 1.80 bits per heavy atom. The number of benzene rings is 2. The van der Waals surface area contributed by atoms with Crippen LogP contribution in [0.15, 0.2) is 66.9 Å². The number of amides is 2. The number of nitrogens with one attached hydrogen (secondary N) is 2. The number of thiazole rings is 1. The Morgan fingerprint density at radius 3 is 2.52 bits per heavy atom. The number of aryl methyl sites for hydroxylation is 1. The first-order valence-corrected chi connectivity index (χ1v) is 13.2. The molecule has 5 aromatic rings. The molecule has 0 aliphatic heterocycles. The summed E-state index contributed by atoms with van der Waals surface area (Å²) in [5.74, 6) is 0.0990. The molecule has 0 unspecified atom stereocenters. The highest BCUT2D eigenvalue weighted by molar-refractivity contribution is 7.22. The van der Waals surface area contributed by atoms with E-state index in [-0.39, 0.29) is 5.91 Å². The number of hydrogen-bond donors (Lipinski definition) is 2. The van der Waals surface area contributed by atoms with Crippen molar-refractivity contribution < 1.29 is 14.3 Å². The number of pyridine rings is 2. The van der Waals surface area contributed by atoms with Gasteiger partial charge in [0, 0.05) is 40.7 Å². The maximum atomic E-state index is 13.4. The van der Waals surface area contributed by atoms with Crippen molar-refractivity contribution in [3.05, 3.63) is 83.7 Å². The summed E-state index contributed by atoms with van der Waals surface area (Å²) in [4.78, 5) is 39.3. The number of aromatic nitrogens is 3. The second-order valence-corrected chi connectivity index (χ2v) is 9.85. The summed E-state index contributed by atoms with van der Waals surface area (Å²) in [6.45, 7) is 3.63. The average Bonchev–Trinajstić information content (AvgIpc) is 3.38. The van der Waals surface area contributed by atoms with Gasteiger partial charge in [0.2, 0.25) is 5.91 Å². The zero-order valence-electron chi connectivity index (χ0n) is 22.0. The van der Waals surface area contributed by atoms with E-state index in [9.17, 15) is 14.9 Å². The molecule has 0 aliphatic rings. The third kappa shape index (κ3) is 5.50. The van der Waals surface area contributed by atoms with Gasteiger partial charge in [-0.3, -0.25) is 19.9 Å². The lowest BCUT2D eigenvalue weighted by atomic mass is 9.97. The summed E-state index contributed by atoms with van der Waals surface area (Å²) in [5, 5.41) is 15.5. The van der Waals surface area contributed by atoms with Crippen LogP contribution in [0, 0.1) is 18.3 Å². The van der Waals surface area contributed by atoms with E-state index in [2.05, 4.69) is 26.7 Å². The number of nitriles is 1. The van der Waals surface area contributed by atoms with Crippen LogP contribution in [0.2, 0.25) is 0 Å². The van der Waals surface area contributed by atoms with Crippen molar-refractivity contribution in [3.8, 4) is 34.2 Å². The van der Waals surface area contributed by atoms with E-state index in [0.717, 1.165) is 16.9 Å². The van der Waals surface area contributed by atoms with E-state index < -0.39 is 5.91 Å². The van der Waals surface area contributed by atoms with Gasteiger partial charge in [0.05, 0.1) is 30.0 Å². The average molecular weight is 549 g/mol. The summed E-state index contributed by atoms with van der Waals surface area (Å²) in [6.07, 6.45) is 1.92. The van der Waals surface area contributed by atoms with E-state index in [4.69, 9.17) is 9.72 Å². The highest BCUT2D eigenvalue weighted by atomic mass is 32.1. The molecular formula is C30H24N6O3S. The Bertz CT molecular complexity index is 1790. The van der Waals surface area contributed by atoms with Gasteiger partial charge in [-0.2, -0.15) is 5.26 Å². The Labute approximate surface area is 234 Å². The second-order valence-electron chi connectivity index (χ2n) is 8.87. The van der Waals surface area contributed by atoms with E-state index in [1.54, 1.807) is 38.3 Å². The topological polar surface area (TPSA) is 130 Å². The smallest absolute Gasteiger partial charge is 0.259 e. The molecule has 0 saturated carbocycles. The van der Waals surface area contributed by atoms with Crippen LogP contribution in [-0.4, -0.2) is 33.9 Å². The van der Waals surface area contributed by atoms with Gasteiger partial charge in [-0.05, 0) is 55.5 Å². The van der Waals surface area contributed by atoms with Gasteiger partial charge in [-0.25, -0.2) is 9.97 Å². The van der Waals surface area contributed by atoms with Crippen LogP contribution in [0.4, 0.5) is 10.8 Å². The molecule has 0 radical (unpaired) electrons. The van der Waals surface area contributed by atoms with Crippen LogP contribution >= 0.6 is 11.3 Å². The van der Waals surface area contributed by atoms with Gasteiger partial charge in [-0.1, -0.05) is 30.4 Å². The number of carbonyl (C=O) groups excluding carboxylic acids is 2. The zero-order valence-corrected chi connectivity index (χ0v) is 22.8. The molecule has 0 saturated heterocycles. The Balaban J connectivity index is 1.42. The normalized spacial score (nSPS) is 10.7. The fourth-order valence-electron chi connectivity index (χ4n) is 4.12. The fourth-order valence-corrected chi connectivity index (χ4v) is 4.95. The molecule has 40 heavy (non-hydrogen) atoms. The lowest BCUT2D eigenvalue weighted by Crippen LogP contribution is -2.14. The summed E-state index contributed by atoms with van der Waals surface area (Å²) < 4.78 is 5.51. The first-order chi connectivity index (χ1) is 19.4. The summed E-state index contributed by atoms with van der Waals surface area (Å²) in [7, 11) is 1.54. The molecule has 0 bridgehead atoms. The number of anilines is 2. The predicted molar refractivity (Wildman–Crippen MR) is 155 cm³/mol. The van der Waals surface area contributed by atoms with Gasteiger partial charge >= 0.3 is 0 Å². The van der Waals surface area contributed by atoms with Crippen LogP contribution in [-0.2, 0) is 4.79 Å². The summed E-state index contributed by atoms with van der Waals surface area (Å²) in [5.41, 5.74) is 5.71. The van der Waals surface area contributed by atoms with E-state index in [0.29, 0.717) is 55.6 Å². The second kappa shape index (κ2) is 11.3. The lowest BCUT2D eigenvalue weighted by molar-refractivity contribution is -0.115. The Morgan fingerprint density at radius 1 is 1.00 bits per heavy atom. The lowest BCUT2D eigenvalue weighted by Gasteiger charge is -2.13. The summed E-state index contributed by atoms with van der Waals surface area (Å²) in [6, 6.07) is 20.2. The highest BCUT2D eigenvalue weighted by Gasteiger charge is 2.19. The van der Waals surface area contributed by atoms with Crippen molar-refractivity contribution in [2.45, 2.75) is 20.3 Å². The Hall–Kier alpha value is -5.14. The van der Waals surface area contributed by atoms with Gasteiger partial charge < -0.3 is 10.1 Å². The maximum absolute atomic E-state index is 13.4. The minimum Gasteiger partial charge on any atom is -0.496 e. The number of methoxy groups -OCH3 is 1. The van der Waals surface area contributed by atoms with E-state index in [1.165, 1.54) is 17.5 Å².